The third-order valence-electron chi connectivity index (χ3n) is 7.41. The molecule has 0 bridgehead atoms. The van der Waals surface area contributed by atoms with Crippen LogP contribution in [0.4, 0.5) is 10.2 Å². The van der Waals surface area contributed by atoms with Gasteiger partial charge in [-0.15, -0.1) is 5.10 Å². The lowest BCUT2D eigenvalue weighted by atomic mass is 9.89. The standard InChI is InChI=1S/C30H32FN7O3/c1-19-15-23(25(31)18-33-19)28(40)35-30(3)9-12-37(13-10-30)26-7-6-21(17-34-26)22-5-4-11-38-27(22)24(16-32)29(36-38)41-14-8-20(2)39/h4-7,11,15,17-18,20,39H,8-10,12-14H2,1-3H3,(H,35,40). The van der Waals surface area contributed by atoms with E-state index in [1.54, 1.807) is 30.8 Å². The van der Waals surface area contributed by atoms with E-state index >= 15 is 0 Å². The molecular formula is C30H32FN7O3. The lowest BCUT2D eigenvalue weighted by Gasteiger charge is -2.40. The minimum atomic E-state index is -0.632. The maximum absolute atomic E-state index is 14.2. The average Bonchev–Trinajstić information content (AvgIpc) is 3.32. The average molecular weight is 558 g/mol. The number of nitrogens with one attached hydrogen (secondary N) is 1. The highest BCUT2D eigenvalue weighted by atomic mass is 19.1. The third-order valence-corrected chi connectivity index (χ3v) is 7.41. The molecule has 1 amide bonds. The van der Waals surface area contributed by atoms with Crippen molar-refractivity contribution < 1.29 is 19.0 Å². The largest absolute Gasteiger partial charge is 0.476 e. The number of fused-ring (bicyclic) bond motifs is 1. The molecule has 212 valence electrons. The number of aromatic nitrogens is 4. The Kier molecular flexibility index (Phi) is 7.85. The van der Waals surface area contributed by atoms with E-state index in [0.717, 1.165) is 23.1 Å². The number of amides is 1. The number of aryl methyl sites for hydroxylation is 1. The van der Waals surface area contributed by atoms with Gasteiger partial charge in [0, 0.05) is 54.3 Å². The lowest BCUT2D eigenvalue weighted by Crippen LogP contribution is -2.53. The smallest absolute Gasteiger partial charge is 0.254 e. The van der Waals surface area contributed by atoms with Crippen LogP contribution in [0.25, 0.3) is 16.6 Å². The van der Waals surface area contributed by atoms with E-state index in [-0.39, 0.29) is 18.1 Å². The van der Waals surface area contributed by atoms with Crippen LogP contribution in [0.2, 0.25) is 0 Å². The molecule has 1 unspecified atom stereocenters. The molecule has 10 nitrogen and oxygen atoms in total. The van der Waals surface area contributed by atoms with Gasteiger partial charge in [0.2, 0.25) is 0 Å². The van der Waals surface area contributed by atoms with Crippen LogP contribution in [-0.2, 0) is 0 Å². The Bertz CT molecular complexity index is 1600. The normalized spacial score (nSPS) is 15.4. The summed E-state index contributed by atoms with van der Waals surface area (Å²) in [5, 5.41) is 26.8. The summed E-state index contributed by atoms with van der Waals surface area (Å²) in [6, 6.07) is 11.3. The maximum Gasteiger partial charge on any atom is 0.254 e. The zero-order chi connectivity index (χ0) is 29.1. The highest BCUT2D eigenvalue weighted by Gasteiger charge is 2.33. The molecule has 1 saturated heterocycles. The highest BCUT2D eigenvalue weighted by Crippen LogP contribution is 2.32. The van der Waals surface area contributed by atoms with Gasteiger partial charge in [-0.25, -0.2) is 13.9 Å². The summed E-state index contributed by atoms with van der Waals surface area (Å²) in [6.45, 7) is 6.98. The van der Waals surface area contributed by atoms with Crippen LogP contribution in [0.15, 0.2) is 48.9 Å². The van der Waals surface area contributed by atoms with E-state index in [9.17, 15) is 19.6 Å². The van der Waals surface area contributed by atoms with Crippen molar-refractivity contribution in [3.05, 3.63) is 71.6 Å². The van der Waals surface area contributed by atoms with Crippen molar-refractivity contribution in [2.75, 3.05) is 24.6 Å². The highest BCUT2D eigenvalue weighted by molar-refractivity contribution is 5.95. The van der Waals surface area contributed by atoms with Crippen molar-refractivity contribution >= 4 is 17.2 Å². The molecule has 41 heavy (non-hydrogen) atoms. The molecule has 1 atom stereocenters. The van der Waals surface area contributed by atoms with Crippen LogP contribution < -0.4 is 15.0 Å². The molecule has 0 aromatic carbocycles. The third kappa shape index (κ3) is 5.98. The second kappa shape index (κ2) is 11.5. The van der Waals surface area contributed by atoms with Crippen LogP contribution in [0.3, 0.4) is 0 Å². The van der Waals surface area contributed by atoms with E-state index in [0.29, 0.717) is 49.1 Å². The number of carbonyl (C=O) groups excluding carboxylic acids is 1. The van der Waals surface area contributed by atoms with Gasteiger partial charge in [-0.05, 0) is 57.9 Å². The topological polar surface area (TPSA) is 129 Å². The number of nitriles is 1. The van der Waals surface area contributed by atoms with E-state index in [1.165, 1.54) is 6.07 Å². The molecule has 0 radical (unpaired) electrons. The summed E-state index contributed by atoms with van der Waals surface area (Å²) >= 11 is 0. The van der Waals surface area contributed by atoms with Crippen molar-refractivity contribution in [2.24, 2.45) is 0 Å². The number of rotatable bonds is 8. The minimum absolute atomic E-state index is 0.00427. The van der Waals surface area contributed by atoms with Crippen molar-refractivity contribution in [1.29, 1.82) is 5.26 Å². The first-order valence-electron chi connectivity index (χ1n) is 13.6. The summed E-state index contributed by atoms with van der Waals surface area (Å²) in [5.41, 5.74) is 2.70. The molecule has 2 N–H and O–H groups in total. The molecule has 1 fully saturated rings. The Morgan fingerprint density at radius 1 is 1.27 bits per heavy atom. The molecule has 11 heteroatoms. The van der Waals surface area contributed by atoms with Gasteiger partial charge >= 0.3 is 0 Å². The van der Waals surface area contributed by atoms with E-state index in [1.807, 2.05) is 31.2 Å². The molecule has 0 saturated carbocycles. The fourth-order valence-electron chi connectivity index (χ4n) is 4.99. The number of hydrogen-bond donors (Lipinski definition) is 2. The van der Waals surface area contributed by atoms with Gasteiger partial charge in [-0.2, -0.15) is 5.26 Å². The molecular weight excluding hydrogens is 525 g/mol. The predicted molar refractivity (Wildman–Crippen MR) is 151 cm³/mol. The Morgan fingerprint density at radius 3 is 2.73 bits per heavy atom. The van der Waals surface area contributed by atoms with Gasteiger partial charge in [0.1, 0.15) is 17.5 Å². The van der Waals surface area contributed by atoms with Crippen molar-refractivity contribution in [3.63, 3.8) is 0 Å². The Hall–Kier alpha value is -4.56. The summed E-state index contributed by atoms with van der Waals surface area (Å²) in [5.74, 6) is -0.0303. The zero-order valence-electron chi connectivity index (χ0n) is 23.3. The van der Waals surface area contributed by atoms with Crippen LogP contribution in [0.5, 0.6) is 5.88 Å². The molecule has 5 heterocycles. The fourth-order valence-corrected chi connectivity index (χ4v) is 4.99. The van der Waals surface area contributed by atoms with Gasteiger partial charge in [0.15, 0.2) is 5.82 Å². The van der Waals surface area contributed by atoms with Gasteiger partial charge in [-0.1, -0.05) is 6.07 Å². The summed E-state index contributed by atoms with van der Waals surface area (Å²) < 4.78 is 21.5. The molecule has 1 aliphatic heterocycles. The number of halogens is 1. The van der Waals surface area contributed by atoms with Crippen molar-refractivity contribution in [2.45, 2.75) is 51.7 Å². The van der Waals surface area contributed by atoms with Crippen LogP contribution in [-0.4, -0.2) is 61.9 Å². The molecule has 4 aromatic heterocycles. The Balaban J connectivity index is 1.29. The van der Waals surface area contributed by atoms with Crippen molar-refractivity contribution in [1.82, 2.24) is 24.9 Å². The number of piperidine rings is 1. The number of hydrogen-bond acceptors (Lipinski definition) is 8. The number of carbonyl (C=O) groups is 1. The Morgan fingerprint density at radius 2 is 2.05 bits per heavy atom. The minimum Gasteiger partial charge on any atom is -0.476 e. The second-order valence-corrected chi connectivity index (χ2v) is 10.7. The number of anilines is 1. The molecule has 5 rings (SSSR count). The van der Waals surface area contributed by atoms with Crippen LogP contribution in [0.1, 0.15) is 54.7 Å². The molecule has 0 spiro atoms. The summed E-state index contributed by atoms with van der Waals surface area (Å²) in [4.78, 5) is 23.5. The van der Waals surface area contributed by atoms with E-state index < -0.39 is 23.4 Å². The first-order valence-corrected chi connectivity index (χ1v) is 13.6. The van der Waals surface area contributed by atoms with E-state index in [4.69, 9.17) is 9.72 Å². The van der Waals surface area contributed by atoms with Crippen molar-refractivity contribution in [3.8, 4) is 23.1 Å². The summed E-state index contributed by atoms with van der Waals surface area (Å²) in [7, 11) is 0. The second-order valence-electron chi connectivity index (χ2n) is 10.7. The van der Waals surface area contributed by atoms with E-state index in [2.05, 4.69) is 26.4 Å². The number of aliphatic hydroxyl groups is 1. The maximum atomic E-state index is 14.2. The van der Waals surface area contributed by atoms with Gasteiger partial charge in [-0.3, -0.25) is 9.78 Å². The molecule has 1 aliphatic rings. The first kappa shape index (κ1) is 28.0. The Labute approximate surface area is 237 Å². The number of ether oxygens (including phenoxy) is 1. The summed E-state index contributed by atoms with van der Waals surface area (Å²) in [6.07, 6.45) is 5.88. The zero-order valence-corrected chi connectivity index (χ0v) is 23.3. The monoisotopic (exact) mass is 557 g/mol. The van der Waals surface area contributed by atoms with Crippen LogP contribution >= 0.6 is 0 Å². The molecule has 4 aromatic rings. The van der Waals surface area contributed by atoms with Gasteiger partial charge in [0.25, 0.3) is 11.8 Å². The van der Waals surface area contributed by atoms with Crippen LogP contribution in [0, 0.1) is 24.1 Å². The quantitative estimate of drug-likeness (QED) is 0.332. The predicted octanol–water partition coefficient (Wildman–Crippen LogP) is 4.05. The number of aliphatic hydroxyl groups excluding tert-OH is 1. The van der Waals surface area contributed by atoms with Gasteiger partial charge in [0.05, 0.1) is 30.0 Å². The lowest BCUT2D eigenvalue weighted by molar-refractivity contribution is 0.0887. The number of nitrogens with zero attached hydrogens (tertiary/aromatic N) is 6. The molecule has 0 aliphatic carbocycles. The SMILES string of the molecule is Cc1cc(C(=O)NC2(C)CCN(c3ccc(-c4cccn5nc(OCCC(C)O)c(C#N)c45)cn3)CC2)c(F)cn1. The number of pyridine rings is 3. The first-order chi connectivity index (χ1) is 19.7. The fraction of sp³-hybridized carbons (Fsp3) is 0.367. The van der Waals surface area contributed by atoms with Gasteiger partial charge < -0.3 is 20.1 Å².